The van der Waals surface area contributed by atoms with Gasteiger partial charge < -0.3 is 15.8 Å². The van der Waals surface area contributed by atoms with E-state index < -0.39 is 12.8 Å². The first-order valence-electron chi connectivity index (χ1n) is 7.14. The van der Waals surface area contributed by atoms with Gasteiger partial charge in [0.05, 0.1) is 6.54 Å². The number of nitrogens with two attached hydrogens (primary N) is 1. The molecule has 0 saturated heterocycles. The summed E-state index contributed by atoms with van der Waals surface area (Å²) in [6.07, 6.45) is -2.36. The number of rotatable bonds is 7. The molecular formula is C15H23F3IN3O. The number of hydrogen-bond donors (Lipinski definition) is 2. The van der Waals surface area contributed by atoms with Crippen molar-refractivity contribution in [3.8, 4) is 5.75 Å². The molecule has 0 atom stereocenters. The number of benzene rings is 1. The lowest BCUT2D eigenvalue weighted by Crippen LogP contribution is -2.32. The average Bonchev–Trinajstić information content (AvgIpc) is 2.43. The highest BCUT2D eigenvalue weighted by Gasteiger charge is 2.28. The molecule has 0 bridgehead atoms. The Hall–Kier alpha value is -1.19. The molecule has 0 fully saturated rings. The van der Waals surface area contributed by atoms with Crippen molar-refractivity contribution in [3.63, 3.8) is 0 Å². The molecule has 0 heterocycles. The standard InChI is InChI=1S/C15H22F3N3O.HI/c1-3-4-7-20-14(19)21-9-12-6-5-11(2)8-13(12)22-10-15(16,17)18;/h5-6,8H,3-4,7,9-10H2,1-2H3,(H3,19,20,21);1H. The normalized spacial score (nSPS) is 11.8. The second-order valence-electron chi connectivity index (χ2n) is 5.00. The van der Waals surface area contributed by atoms with Gasteiger partial charge in [-0.1, -0.05) is 25.5 Å². The molecular weight excluding hydrogens is 422 g/mol. The predicted octanol–water partition coefficient (Wildman–Crippen LogP) is 3.76. The molecule has 0 saturated carbocycles. The van der Waals surface area contributed by atoms with E-state index in [1.54, 1.807) is 25.1 Å². The van der Waals surface area contributed by atoms with E-state index in [1.165, 1.54) is 0 Å². The lowest BCUT2D eigenvalue weighted by atomic mass is 10.1. The van der Waals surface area contributed by atoms with Crippen molar-refractivity contribution in [2.45, 2.75) is 39.4 Å². The van der Waals surface area contributed by atoms with Crippen LogP contribution in [-0.2, 0) is 6.54 Å². The second kappa shape index (κ2) is 10.6. The van der Waals surface area contributed by atoms with Gasteiger partial charge in [-0.05, 0) is 25.0 Å². The van der Waals surface area contributed by atoms with Crippen LogP contribution in [0.5, 0.6) is 5.75 Å². The zero-order valence-electron chi connectivity index (χ0n) is 13.2. The van der Waals surface area contributed by atoms with Crippen molar-refractivity contribution in [3.05, 3.63) is 29.3 Å². The summed E-state index contributed by atoms with van der Waals surface area (Å²) >= 11 is 0. The minimum Gasteiger partial charge on any atom is -0.484 e. The smallest absolute Gasteiger partial charge is 0.422 e. The van der Waals surface area contributed by atoms with Gasteiger partial charge in [-0.3, -0.25) is 0 Å². The number of aryl methyl sites for hydroxylation is 1. The Bertz CT molecular complexity index is 507. The minimum absolute atomic E-state index is 0. The van der Waals surface area contributed by atoms with Crippen molar-refractivity contribution in [1.82, 2.24) is 5.32 Å². The van der Waals surface area contributed by atoms with Crippen molar-refractivity contribution in [2.75, 3.05) is 13.2 Å². The number of halogens is 4. The number of nitrogens with zero attached hydrogens (tertiary/aromatic N) is 1. The highest BCUT2D eigenvalue weighted by molar-refractivity contribution is 14.0. The van der Waals surface area contributed by atoms with Gasteiger partial charge in [0.1, 0.15) is 5.75 Å². The molecule has 8 heteroatoms. The maximum Gasteiger partial charge on any atom is 0.422 e. The average molecular weight is 445 g/mol. The van der Waals surface area contributed by atoms with E-state index >= 15 is 0 Å². The van der Waals surface area contributed by atoms with Gasteiger partial charge in [-0.25, -0.2) is 4.99 Å². The molecule has 1 aromatic rings. The SMILES string of the molecule is CCCCNC(N)=NCc1ccc(C)cc1OCC(F)(F)F.I. The van der Waals surface area contributed by atoms with Crippen LogP contribution in [0.15, 0.2) is 23.2 Å². The third-order valence-electron chi connectivity index (χ3n) is 2.87. The largest absolute Gasteiger partial charge is 0.484 e. The molecule has 0 unspecified atom stereocenters. The van der Waals surface area contributed by atoms with E-state index in [0.29, 0.717) is 5.56 Å². The van der Waals surface area contributed by atoms with Crippen LogP contribution in [0.25, 0.3) is 0 Å². The number of hydrogen-bond acceptors (Lipinski definition) is 2. The van der Waals surface area contributed by atoms with Crippen LogP contribution in [0.4, 0.5) is 13.2 Å². The van der Waals surface area contributed by atoms with Crippen LogP contribution >= 0.6 is 24.0 Å². The zero-order chi connectivity index (χ0) is 16.6. The molecule has 0 aliphatic rings. The summed E-state index contributed by atoms with van der Waals surface area (Å²) in [6, 6.07) is 5.06. The molecule has 0 radical (unpaired) electrons. The number of ether oxygens (including phenoxy) is 1. The molecule has 0 aromatic heterocycles. The van der Waals surface area contributed by atoms with Crippen LogP contribution in [0.1, 0.15) is 30.9 Å². The molecule has 0 spiro atoms. The van der Waals surface area contributed by atoms with E-state index in [1.807, 2.05) is 0 Å². The van der Waals surface area contributed by atoms with Gasteiger partial charge in [0.25, 0.3) is 0 Å². The van der Waals surface area contributed by atoms with E-state index in [4.69, 9.17) is 10.5 Å². The fraction of sp³-hybridized carbons (Fsp3) is 0.533. The molecule has 1 aromatic carbocycles. The van der Waals surface area contributed by atoms with Crippen molar-refractivity contribution >= 4 is 29.9 Å². The van der Waals surface area contributed by atoms with E-state index in [0.717, 1.165) is 24.9 Å². The molecule has 23 heavy (non-hydrogen) atoms. The molecule has 132 valence electrons. The van der Waals surface area contributed by atoms with Crippen molar-refractivity contribution in [1.29, 1.82) is 0 Å². The van der Waals surface area contributed by atoms with Gasteiger partial charge in [0.15, 0.2) is 12.6 Å². The van der Waals surface area contributed by atoms with Gasteiger partial charge in [-0.2, -0.15) is 13.2 Å². The number of unbranched alkanes of at least 4 members (excludes halogenated alkanes) is 1. The van der Waals surface area contributed by atoms with Crippen molar-refractivity contribution < 1.29 is 17.9 Å². The van der Waals surface area contributed by atoms with E-state index in [-0.39, 0.29) is 42.2 Å². The van der Waals surface area contributed by atoms with Gasteiger partial charge in [-0.15, -0.1) is 24.0 Å². The molecule has 0 aliphatic heterocycles. The summed E-state index contributed by atoms with van der Waals surface area (Å²) in [4.78, 5) is 4.12. The molecule has 3 N–H and O–H groups in total. The monoisotopic (exact) mass is 445 g/mol. The molecule has 0 aliphatic carbocycles. The maximum atomic E-state index is 12.3. The lowest BCUT2D eigenvalue weighted by Gasteiger charge is -2.13. The summed E-state index contributed by atoms with van der Waals surface area (Å²) in [5.74, 6) is 0.457. The molecule has 4 nitrogen and oxygen atoms in total. The Balaban J connectivity index is 0.00000484. The lowest BCUT2D eigenvalue weighted by molar-refractivity contribution is -0.153. The number of guanidine groups is 1. The quantitative estimate of drug-likeness (QED) is 0.291. The first-order valence-corrected chi connectivity index (χ1v) is 7.14. The fourth-order valence-electron chi connectivity index (χ4n) is 1.71. The second-order valence-corrected chi connectivity index (χ2v) is 5.00. The number of alkyl halides is 3. The molecule has 0 amide bonds. The van der Waals surface area contributed by atoms with E-state index in [2.05, 4.69) is 17.2 Å². The number of aliphatic imine (C=N–C) groups is 1. The highest BCUT2D eigenvalue weighted by atomic mass is 127. The summed E-state index contributed by atoms with van der Waals surface area (Å²) in [5.41, 5.74) is 7.09. The Morgan fingerprint density at radius 3 is 2.65 bits per heavy atom. The third-order valence-corrected chi connectivity index (χ3v) is 2.87. The molecule has 1 rings (SSSR count). The first-order chi connectivity index (χ1) is 10.3. The van der Waals surface area contributed by atoms with Gasteiger partial charge >= 0.3 is 6.18 Å². The first kappa shape index (κ1) is 21.8. The van der Waals surface area contributed by atoms with Crippen molar-refractivity contribution in [2.24, 2.45) is 10.7 Å². The fourth-order valence-corrected chi connectivity index (χ4v) is 1.71. The van der Waals surface area contributed by atoms with Crippen LogP contribution < -0.4 is 15.8 Å². The summed E-state index contributed by atoms with van der Waals surface area (Å²) in [5, 5.41) is 2.95. The topological polar surface area (TPSA) is 59.6 Å². The van der Waals surface area contributed by atoms with Crippen LogP contribution in [0, 0.1) is 6.92 Å². The Morgan fingerprint density at radius 2 is 2.04 bits per heavy atom. The Labute approximate surface area is 151 Å². The van der Waals surface area contributed by atoms with Crippen LogP contribution in [0.2, 0.25) is 0 Å². The summed E-state index contributed by atoms with van der Waals surface area (Å²) in [7, 11) is 0. The van der Waals surface area contributed by atoms with Gasteiger partial charge in [0, 0.05) is 12.1 Å². The minimum atomic E-state index is -4.37. The maximum absolute atomic E-state index is 12.3. The summed E-state index contributed by atoms with van der Waals surface area (Å²) < 4.78 is 41.7. The summed E-state index contributed by atoms with van der Waals surface area (Å²) in [6.45, 7) is 3.41. The zero-order valence-corrected chi connectivity index (χ0v) is 15.6. The van der Waals surface area contributed by atoms with Gasteiger partial charge in [0.2, 0.25) is 0 Å². The Morgan fingerprint density at radius 1 is 1.35 bits per heavy atom. The van der Waals surface area contributed by atoms with Crippen LogP contribution in [-0.4, -0.2) is 25.3 Å². The van der Waals surface area contributed by atoms with E-state index in [9.17, 15) is 13.2 Å². The number of nitrogens with one attached hydrogen (secondary N) is 1. The highest BCUT2D eigenvalue weighted by Crippen LogP contribution is 2.24. The van der Waals surface area contributed by atoms with Crippen LogP contribution in [0.3, 0.4) is 0 Å². The Kier molecular flexibility index (Phi) is 10.0. The third kappa shape index (κ3) is 9.52. The predicted molar refractivity (Wildman–Crippen MR) is 96.4 cm³/mol.